The summed E-state index contributed by atoms with van der Waals surface area (Å²) in [5.41, 5.74) is 2.56. The van der Waals surface area contributed by atoms with E-state index in [1.165, 1.54) is 37.0 Å². The van der Waals surface area contributed by atoms with Crippen molar-refractivity contribution in [1.82, 2.24) is 9.88 Å². The minimum Gasteiger partial charge on any atom is -0.492 e. The smallest absolute Gasteiger partial charge is 0.264 e. The molecular formula is C28H27N3O5S. The van der Waals surface area contributed by atoms with Crippen LogP contribution in [0.2, 0.25) is 0 Å². The molecule has 3 aromatic carbocycles. The summed E-state index contributed by atoms with van der Waals surface area (Å²) >= 11 is 0. The molecule has 5 rings (SSSR count). The second-order valence-corrected chi connectivity index (χ2v) is 10.8. The number of rotatable bonds is 6. The Morgan fingerprint density at radius 3 is 2.57 bits per heavy atom. The van der Waals surface area contributed by atoms with Crippen molar-refractivity contribution in [3.8, 4) is 5.75 Å². The van der Waals surface area contributed by atoms with E-state index in [0.717, 1.165) is 9.87 Å². The summed E-state index contributed by atoms with van der Waals surface area (Å²) < 4.78 is 33.7. The minimum atomic E-state index is -4.02. The van der Waals surface area contributed by atoms with Crippen LogP contribution in [0, 0.1) is 0 Å². The van der Waals surface area contributed by atoms with Gasteiger partial charge in [-0.05, 0) is 54.8 Å². The van der Waals surface area contributed by atoms with Crippen LogP contribution in [0.5, 0.6) is 5.75 Å². The molecule has 1 aliphatic heterocycles. The lowest BCUT2D eigenvalue weighted by Crippen LogP contribution is -2.38. The number of ether oxygens (including phenoxy) is 1. The van der Waals surface area contributed by atoms with Crippen LogP contribution in [0.15, 0.2) is 82.6 Å². The van der Waals surface area contributed by atoms with Gasteiger partial charge >= 0.3 is 0 Å². The molecule has 1 N–H and O–H groups in total. The summed E-state index contributed by atoms with van der Waals surface area (Å²) in [5, 5.41) is 0.135. The lowest BCUT2D eigenvalue weighted by molar-refractivity contribution is 0.0733. The molecule has 0 saturated carbocycles. The fourth-order valence-electron chi connectivity index (χ4n) is 4.64. The number of carbonyl (C=O) groups excluding carboxylic acids is 1. The van der Waals surface area contributed by atoms with E-state index < -0.39 is 15.5 Å². The number of benzene rings is 3. The van der Waals surface area contributed by atoms with Crippen LogP contribution in [0.25, 0.3) is 10.9 Å². The molecule has 0 saturated heterocycles. The quantitative estimate of drug-likeness (QED) is 0.418. The van der Waals surface area contributed by atoms with E-state index in [9.17, 15) is 18.0 Å². The predicted octanol–water partition coefficient (Wildman–Crippen LogP) is 3.95. The average molecular weight is 518 g/mol. The van der Waals surface area contributed by atoms with Crippen LogP contribution >= 0.6 is 0 Å². The number of nitrogens with one attached hydrogen (secondary N) is 1. The number of anilines is 1. The Balaban J connectivity index is 1.50. The monoisotopic (exact) mass is 517 g/mol. The largest absolute Gasteiger partial charge is 0.492 e. The van der Waals surface area contributed by atoms with Crippen LogP contribution in [0.3, 0.4) is 0 Å². The van der Waals surface area contributed by atoms with Gasteiger partial charge in [-0.3, -0.25) is 13.9 Å². The summed E-state index contributed by atoms with van der Waals surface area (Å²) in [6.45, 7) is 3.13. The van der Waals surface area contributed by atoms with Crippen LogP contribution in [-0.2, 0) is 23.0 Å². The second-order valence-electron chi connectivity index (χ2n) is 8.86. The highest BCUT2D eigenvalue weighted by Crippen LogP contribution is 2.31. The van der Waals surface area contributed by atoms with Gasteiger partial charge in [0.2, 0.25) is 5.43 Å². The number of H-pyrrole nitrogens is 1. The predicted molar refractivity (Wildman–Crippen MR) is 143 cm³/mol. The van der Waals surface area contributed by atoms with Crippen molar-refractivity contribution >= 4 is 32.5 Å². The van der Waals surface area contributed by atoms with E-state index in [0.29, 0.717) is 43.1 Å². The van der Waals surface area contributed by atoms with Crippen LogP contribution in [0.1, 0.15) is 28.4 Å². The highest BCUT2D eigenvalue weighted by Gasteiger charge is 2.27. The second kappa shape index (κ2) is 9.74. The molecule has 37 heavy (non-hydrogen) atoms. The van der Waals surface area contributed by atoms with E-state index in [-0.39, 0.29) is 21.8 Å². The van der Waals surface area contributed by atoms with Gasteiger partial charge in [0.15, 0.2) is 0 Å². The van der Waals surface area contributed by atoms with Gasteiger partial charge in [0.05, 0.1) is 17.2 Å². The molecule has 4 aromatic rings. The molecular weight excluding hydrogens is 490 g/mol. The summed E-state index contributed by atoms with van der Waals surface area (Å²) in [6.07, 6.45) is 2.12. The Bertz CT molecular complexity index is 1660. The zero-order valence-corrected chi connectivity index (χ0v) is 21.4. The summed E-state index contributed by atoms with van der Waals surface area (Å²) in [6, 6.07) is 19.1. The molecule has 8 nitrogen and oxygen atoms in total. The molecule has 2 heterocycles. The molecule has 0 unspecified atom stereocenters. The Kier molecular flexibility index (Phi) is 6.47. The number of fused-ring (bicyclic) bond motifs is 2. The highest BCUT2D eigenvalue weighted by molar-refractivity contribution is 7.92. The maximum Gasteiger partial charge on any atom is 0.264 e. The van der Waals surface area contributed by atoms with Crippen LogP contribution in [0.4, 0.5) is 5.69 Å². The van der Waals surface area contributed by atoms with Crippen molar-refractivity contribution in [2.75, 3.05) is 24.5 Å². The first kappa shape index (κ1) is 24.6. The third kappa shape index (κ3) is 4.46. The normalized spacial score (nSPS) is 13.3. The van der Waals surface area contributed by atoms with Crippen LogP contribution in [-0.4, -0.2) is 44.4 Å². The number of hydrogen-bond acceptors (Lipinski definition) is 5. The lowest BCUT2D eigenvalue weighted by Gasteiger charge is -2.28. The van der Waals surface area contributed by atoms with Gasteiger partial charge in [-0.1, -0.05) is 36.4 Å². The topological polar surface area (TPSA) is 99.8 Å². The fraction of sp³-hybridized carbons (Fsp3) is 0.214. The van der Waals surface area contributed by atoms with E-state index in [4.69, 9.17) is 4.74 Å². The summed E-state index contributed by atoms with van der Waals surface area (Å²) in [4.78, 5) is 31.3. The number of amides is 1. The van der Waals surface area contributed by atoms with Gasteiger partial charge in [-0.2, -0.15) is 0 Å². The maximum absolute atomic E-state index is 13.5. The first-order chi connectivity index (χ1) is 17.8. The maximum atomic E-state index is 13.5. The van der Waals surface area contributed by atoms with Crippen molar-refractivity contribution in [3.05, 3.63) is 99.8 Å². The third-order valence-corrected chi connectivity index (χ3v) is 8.43. The summed E-state index contributed by atoms with van der Waals surface area (Å²) in [7, 11) is -2.58. The lowest BCUT2D eigenvalue weighted by atomic mass is 9.99. The highest BCUT2D eigenvalue weighted by atomic mass is 32.2. The molecule has 0 aliphatic carbocycles. The third-order valence-electron chi connectivity index (χ3n) is 6.66. The molecule has 0 spiro atoms. The molecule has 0 radical (unpaired) electrons. The van der Waals surface area contributed by atoms with Gasteiger partial charge in [-0.15, -0.1) is 0 Å². The Morgan fingerprint density at radius 2 is 1.78 bits per heavy atom. The van der Waals surface area contributed by atoms with Crippen molar-refractivity contribution in [2.24, 2.45) is 0 Å². The number of hydrogen-bond donors (Lipinski definition) is 1. The Morgan fingerprint density at radius 1 is 1.05 bits per heavy atom. The Hall–Kier alpha value is -4.11. The van der Waals surface area contributed by atoms with E-state index in [1.54, 1.807) is 29.2 Å². The van der Waals surface area contributed by atoms with Crippen molar-refractivity contribution < 1.29 is 17.9 Å². The number of aromatic amines is 1. The molecule has 1 aliphatic rings. The van der Waals surface area contributed by atoms with Gasteiger partial charge < -0.3 is 14.6 Å². The standard InChI is InChI=1S/C28H27N3O5S/c1-3-36-26-11-7-6-10-25(26)30(2)37(34,35)21-12-13-24-22(16-21)27(32)23(17-29-24)28(33)31-15-14-19-8-4-5-9-20(19)18-31/h4-13,16-17H,3,14-15,18H2,1-2H3,(H,29,32). The van der Waals surface area contributed by atoms with Gasteiger partial charge in [-0.25, -0.2) is 8.42 Å². The number of nitrogens with zero attached hydrogens (tertiary/aromatic N) is 2. The number of para-hydroxylation sites is 2. The molecule has 0 atom stereocenters. The Labute approximate surface area is 215 Å². The van der Waals surface area contributed by atoms with E-state index in [1.807, 2.05) is 31.2 Å². The average Bonchev–Trinajstić information content (AvgIpc) is 2.92. The van der Waals surface area contributed by atoms with Crippen LogP contribution < -0.4 is 14.5 Å². The first-order valence-corrected chi connectivity index (χ1v) is 13.5. The summed E-state index contributed by atoms with van der Waals surface area (Å²) in [5.74, 6) is 0.0550. The van der Waals surface area contributed by atoms with Gasteiger partial charge in [0, 0.05) is 37.2 Å². The zero-order valence-electron chi connectivity index (χ0n) is 20.6. The van der Waals surface area contributed by atoms with Gasteiger partial charge in [0.25, 0.3) is 15.9 Å². The number of pyridine rings is 1. The van der Waals surface area contributed by atoms with Crippen molar-refractivity contribution in [3.63, 3.8) is 0 Å². The SMILES string of the molecule is CCOc1ccccc1N(C)S(=O)(=O)c1ccc2[nH]cc(C(=O)N3CCc4ccccc4C3)c(=O)c2c1. The van der Waals surface area contributed by atoms with Crippen molar-refractivity contribution in [2.45, 2.75) is 24.8 Å². The first-order valence-electron chi connectivity index (χ1n) is 12.0. The molecule has 1 aromatic heterocycles. The fourth-order valence-corrected chi connectivity index (χ4v) is 5.87. The number of sulfonamides is 1. The minimum absolute atomic E-state index is 0.0172. The van der Waals surface area contributed by atoms with E-state index >= 15 is 0 Å². The van der Waals surface area contributed by atoms with E-state index in [2.05, 4.69) is 4.98 Å². The number of aromatic nitrogens is 1. The molecule has 0 bridgehead atoms. The number of carbonyl (C=O) groups is 1. The molecule has 0 fully saturated rings. The van der Waals surface area contributed by atoms with Crippen molar-refractivity contribution in [1.29, 1.82) is 0 Å². The zero-order chi connectivity index (χ0) is 26.2. The molecule has 9 heteroatoms. The molecule has 1 amide bonds. The molecule has 190 valence electrons. The van der Waals surface area contributed by atoms with Gasteiger partial charge in [0.1, 0.15) is 11.3 Å².